The summed E-state index contributed by atoms with van der Waals surface area (Å²) in [7, 11) is 0. The maximum Gasteiger partial charge on any atom is 0.303 e. The van der Waals surface area contributed by atoms with Gasteiger partial charge in [0.2, 0.25) is 0 Å². The summed E-state index contributed by atoms with van der Waals surface area (Å²) in [6.45, 7) is 12.7. The first kappa shape index (κ1) is 26.2. The molecule has 40 heavy (non-hydrogen) atoms. The average Bonchev–Trinajstić information content (AvgIpc) is 3.65. The second kappa shape index (κ2) is 9.58. The Morgan fingerprint density at radius 3 is 2.40 bits per heavy atom. The number of aromatic nitrogens is 4. The van der Waals surface area contributed by atoms with Crippen molar-refractivity contribution < 1.29 is 14.7 Å². The van der Waals surface area contributed by atoms with Crippen LogP contribution in [0.3, 0.4) is 0 Å². The van der Waals surface area contributed by atoms with Gasteiger partial charge in [0.05, 0.1) is 22.6 Å². The van der Waals surface area contributed by atoms with Gasteiger partial charge in [0.25, 0.3) is 0 Å². The lowest BCUT2D eigenvalue weighted by Gasteiger charge is -2.16. The monoisotopic (exact) mass is 536 g/mol. The van der Waals surface area contributed by atoms with Crippen molar-refractivity contribution in [3.63, 3.8) is 0 Å². The Labute approximate surface area is 233 Å². The van der Waals surface area contributed by atoms with Gasteiger partial charge in [-0.15, -0.1) is 0 Å². The Hall–Kier alpha value is -4.00. The molecule has 0 spiro atoms. The van der Waals surface area contributed by atoms with Gasteiger partial charge >= 0.3 is 5.97 Å². The number of hydrogen-bond donors (Lipinski definition) is 3. The molecule has 3 aliphatic rings. The van der Waals surface area contributed by atoms with Crippen LogP contribution in [0, 0.1) is 13.8 Å². The van der Waals surface area contributed by atoms with Crippen molar-refractivity contribution in [2.75, 3.05) is 0 Å². The Morgan fingerprint density at radius 2 is 1.70 bits per heavy atom. The molecule has 0 saturated carbocycles. The van der Waals surface area contributed by atoms with Gasteiger partial charge in [-0.25, -0.2) is 4.98 Å². The maximum atomic E-state index is 13.4. The predicted molar refractivity (Wildman–Crippen MR) is 159 cm³/mol. The smallest absolute Gasteiger partial charge is 0.303 e. The molecule has 0 fully saturated rings. The highest BCUT2D eigenvalue weighted by Gasteiger charge is 2.35. The molecule has 3 aromatic rings. The molecule has 3 N–H and O–H groups in total. The zero-order chi connectivity index (χ0) is 28.5. The van der Waals surface area contributed by atoms with Crippen LogP contribution in [0.5, 0.6) is 0 Å². The maximum absolute atomic E-state index is 13.4. The van der Waals surface area contributed by atoms with Crippen molar-refractivity contribution in [3.8, 4) is 0 Å². The van der Waals surface area contributed by atoms with Crippen molar-refractivity contribution in [1.82, 2.24) is 19.9 Å². The van der Waals surface area contributed by atoms with Gasteiger partial charge in [-0.1, -0.05) is 20.8 Å². The number of nitrogens with zero attached hydrogens (tertiary/aromatic N) is 2. The summed E-state index contributed by atoms with van der Waals surface area (Å²) in [6.07, 6.45) is 2.55. The van der Waals surface area contributed by atoms with E-state index in [0.29, 0.717) is 6.42 Å². The van der Waals surface area contributed by atoms with Crippen LogP contribution in [0.2, 0.25) is 0 Å². The number of allylic oxidation sites excluding steroid dienone is 2. The molecule has 0 aromatic carbocycles. The SMILES string of the molecule is CCC1=C(C)c2cc3[nH]c(cc4nc(c5c6[nH]c(cc1n2)c(C)c6C(=O)C5)[C@@H](CCC(=O)O)[C@H]4C)c(C)c3CC. The van der Waals surface area contributed by atoms with Crippen molar-refractivity contribution >= 4 is 45.0 Å². The number of aliphatic carboxylic acids is 1. The van der Waals surface area contributed by atoms with Gasteiger partial charge in [-0.05, 0) is 86.1 Å². The summed E-state index contributed by atoms with van der Waals surface area (Å²) in [5, 5.41) is 9.50. The minimum atomic E-state index is -0.820. The highest BCUT2D eigenvalue weighted by atomic mass is 16.4. The lowest BCUT2D eigenvalue weighted by molar-refractivity contribution is -0.137. The average molecular weight is 537 g/mol. The van der Waals surface area contributed by atoms with Crippen LogP contribution >= 0.6 is 0 Å². The molecule has 7 heteroatoms. The number of nitrogens with one attached hydrogen (secondary N) is 2. The van der Waals surface area contributed by atoms with E-state index < -0.39 is 5.97 Å². The predicted octanol–water partition coefficient (Wildman–Crippen LogP) is 7.33. The van der Waals surface area contributed by atoms with E-state index in [4.69, 9.17) is 9.97 Å². The number of H-pyrrole nitrogens is 2. The first-order valence-corrected chi connectivity index (χ1v) is 14.3. The van der Waals surface area contributed by atoms with Crippen molar-refractivity contribution in [2.24, 2.45) is 0 Å². The first-order chi connectivity index (χ1) is 19.1. The summed E-state index contributed by atoms with van der Waals surface area (Å²) >= 11 is 0. The fraction of sp³-hybridized carbons (Fsp3) is 0.394. The van der Waals surface area contributed by atoms with E-state index in [1.807, 2.05) is 6.92 Å². The summed E-state index contributed by atoms with van der Waals surface area (Å²) in [6, 6.07) is 6.35. The molecule has 8 bridgehead atoms. The summed E-state index contributed by atoms with van der Waals surface area (Å²) in [4.78, 5) is 42.4. The summed E-state index contributed by atoms with van der Waals surface area (Å²) < 4.78 is 0. The molecule has 2 atom stereocenters. The highest BCUT2D eigenvalue weighted by Crippen LogP contribution is 2.44. The molecule has 6 rings (SSSR count). The van der Waals surface area contributed by atoms with Crippen molar-refractivity contribution in [1.29, 1.82) is 0 Å². The van der Waals surface area contributed by atoms with Crippen LogP contribution in [0.15, 0.2) is 18.2 Å². The highest BCUT2D eigenvalue weighted by molar-refractivity contribution is 6.13. The van der Waals surface area contributed by atoms with Crippen molar-refractivity contribution in [3.05, 3.63) is 68.8 Å². The van der Waals surface area contributed by atoms with E-state index in [1.54, 1.807) is 0 Å². The number of fused-ring (bicyclic) bond motifs is 8. The lowest BCUT2D eigenvalue weighted by Crippen LogP contribution is -2.08. The number of hydrogen-bond acceptors (Lipinski definition) is 4. The van der Waals surface area contributed by atoms with E-state index in [1.165, 1.54) is 22.3 Å². The zero-order valence-electron chi connectivity index (χ0n) is 24.1. The molecular weight excluding hydrogens is 500 g/mol. The van der Waals surface area contributed by atoms with Crippen LogP contribution in [0.1, 0.15) is 114 Å². The first-order valence-electron chi connectivity index (χ1n) is 14.3. The van der Waals surface area contributed by atoms with Gasteiger partial charge in [0, 0.05) is 58.0 Å². The van der Waals surface area contributed by atoms with Gasteiger partial charge in [0.15, 0.2) is 5.78 Å². The molecule has 206 valence electrons. The molecule has 0 radical (unpaired) electrons. The van der Waals surface area contributed by atoms with Crippen LogP contribution in [0.25, 0.3) is 33.2 Å². The number of Topliss-reactive ketones (excluding diaryl/α,β-unsaturated/α-hetero) is 1. The summed E-state index contributed by atoms with van der Waals surface area (Å²) in [5.74, 6) is -0.798. The van der Waals surface area contributed by atoms with Crippen LogP contribution < -0.4 is 0 Å². The fourth-order valence-electron chi connectivity index (χ4n) is 6.93. The quantitative estimate of drug-likeness (QED) is 0.316. The molecule has 1 aliphatic carbocycles. The zero-order valence-corrected chi connectivity index (χ0v) is 24.1. The molecule has 3 aromatic heterocycles. The van der Waals surface area contributed by atoms with Crippen LogP contribution in [-0.2, 0) is 17.6 Å². The Kier molecular flexibility index (Phi) is 6.28. The number of carbonyl (C=O) groups is 2. The molecule has 5 heterocycles. The number of aryl methyl sites for hydroxylation is 3. The Balaban J connectivity index is 1.77. The second-order valence-electron chi connectivity index (χ2n) is 11.4. The van der Waals surface area contributed by atoms with E-state index in [-0.39, 0.29) is 30.5 Å². The lowest BCUT2D eigenvalue weighted by atomic mass is 9.85. The number of rotatable bonds is 5. The third-order valence-corrected chi connectivity index (χ3v) is 9.26. The Bertz CT molecular complexity index is 1800. The number of ketones is 1. The van der Waals surface area contributed by atoms with Crippen molar-refractivity contribution in [2.45, 2.75) is 85.5 Å². The largest absolute Gasteiger partial charge is 0.481 e. The number of carboxylic acid groups (broad SMARTS) is 1. The van der Waals surface area contributed by atoms with Crippen LogP contribution in [-0.4, -0.2) is 36.8 Å². The van der Waals surface area contributed by atoms with E-state index in [2.05, 4.69) is 62.8 Å². The Morgan fingerprint density at radius 1 is 0.975 bits per heavy atom. The van der Waals surface area contributed by atoms with E-state index in [9.17, 15) is 14.7 Å². The topological polar surface area (TPSA) is 112 Å². The number of aromatic amines is 2. The van der Waals surface area contributed by atoms with E-state index >= 15 is 0 Å². The third kappa shape index (κ3) is 3.94. The molecule has 2 aliphatic heterocycles. The molecular formula is C33H36N4O3. The third-order valence-electron chi connectivity index (χ3n) is 9.26. The van der Waals surface area contributed by atoms with Gasteiger partial charge in [-0.2, -0.15) is 0 Å². The summed E-state index contributed by atoms with van der Waals surface area (Å²) in [5.41, 5.74) is 14.8. The standard InChI is InChI=1S/C33H36N4O3/c1-7-19-15(3)23-12-25-17(5)21(9-10-30(39)40)32(36-25)22-11-29(38)31-18(6)26(37-33(22)31)14-28-20(8-2)16(4)24(35-28)13-27(19)34-23/h12-14,17,21,34,37H,7-11H2,1-6H3,(H,39,40)/t17-,21+/m1/s1. The van der Waals surface area contributed by atoms with Gasteiger partial charge < -0.3 is 15.1 Å². The number of carboxylic acids is 1. The molecule has 0 saturated heterocycles. The minimum absolute atomic E-state index is 0.0206. The number of carbonyl (C=O) groups excluding carboxylic acids is 1. The van der Waals surface area contributed by atoms with Gasteiger partial charge in [-0.3, -0.25) is 14.6 Å². The van der Waals surface area contributed by atoms with E-state index in [0.717, 1.165) is 74.4 Å². The minimum Gasteiger partial charge on any atom is -0.481 e. The van der Waals surface area contributed by atoms with Gasteiger partial charge in [0.1, 0.15) is 0 Å². The fourth-order valence-corrected chi connectivity index (χ4v) is 6.93. The normalized spacial score (nSPS) is 18.2. The second-order valence-corrected chi connectivity index (χ2v) is 11.4. The van der Waals surface area contributed by atoms with Crippen LogP contribution in [0.4, 0.5) is 0 Å². The molecule has 0 amide bonds. The molecule has 7 nitrogen and oxygen atoms in total. The molecule has 0 unspecified atom stereocenters.